The Balaban J connectivity index is 1.48. The lowest BCUT2D eigenvalue weighted by Crippen LogP contribution is -2.34. The fraction of sp³-hybridized carbons (Fsp3) is 0.227. The first-order valence-corrected chi connectivity index (χ1v) is 8.88. The fourth-order valence-corrected chi connectivity index (χ4v) is 3.16. The quantitative estimate of drug-likeness (QED) is 0.655. The normalized spacial score (nSPS) is 15.6. The molecule has 3 rings (SSSR count). The highest BCUT2D eigenvalue weighted by Gasteiger charge is 2.21. The lowest BCUT2D eigenvalue weighted by molar-refractivity contribution is -0.144. The first-order valence-electron chi connectivity index (χ1n) is 8.88. The summed E-state index contributed by atoms with van der Waals surface area (Å²) in [6.45, 7) is -0.310. The summed E-state index contributed by atoms with van der Waals surface area (Å²) in [6, 6.07) is 16.9. The molecule has 0 saturated carbocycles. The van der Waals surface area contributed by atoms with Gasteiger partial charge in [0.25, 0.3) is 5.91 Å². The highest BCUT2D eigenvalue weighted by Crippen LogP contribution is 2.29. The van der Waals surface area contributed by atoms with Crippen LogP contribution in [0.5, 0.6) is 0 Å². The lowest BCUT2D eigenvalue weighted by atomic mass is 9.88. The third kappa shape index (κ3) is 5.05. The van der Waals surface area contributed by atoms with Crippen molar-refractivity contribution < 1.29 is 14.3 Å². The Morgan fingerprint density at radius 2 is 1.96 bits per heavy atom. The second-order valence-electron chi connectivity index (χ2n) is 6.39. The summed E-state index contributed by atoms with van der Waals surface area (Å²) in [5, 5.41) is 11.7. The van der Waals surface area contributed by atoms with Gasteiger partial charge in [-0.25, -0.2) is 4.79 Å². The molecule has 136 valence electrons. The van der Waals surface area contributed by atoms with Crippen LogP contribution >= 0.6 is 0 Å². The van der Waals surface area contributed by atoms with E-state index in [4.69, 9.17) is 10.00 Å². The molecule has 0 saturated heterocycles. The minimum atomic E-state index is -0.585. The fourth-order valence-electron chi connectivity index (χ4n) is 3.16. The molecule has 0 fully saturated rings. The summed E-state index contributed by atoms with van der Waals surface area (Å²) >= 11 is 0. The summed E-state index contributed by atoms with van der Waals surface area (Å²) in [5.74, 6) is -0.893. The summed E-state index contributed by atoms with van der Waals surface area (Å²) in [7, 11) is 0. The first kappa shape index (κ1) is 18.4. The van der Waals surface area contributed by atoms with Gasteiger partial charge in [0.15, 0.2) is 6.61 Å². The standard InChI is InChI=1S/C22H20N2O3/c23-14-17-10-8-16(9-11-17)12-13-22(26)27-15-21(25)24-20-7-3-5-18-4-1-2-6-19(18)20/h1-2,4,6,8-13,20H,3,5,7,15H2,(H,24,25)/b13-12+/t20-/m1/s1. The molecule has 5 nitrogen and oxygen atoms in total. The van der Waals surface area contributed by atoms with Crippen molar-refractivity contribution in [3.8, 4) is 6.07 Å². The van der Waals surface area contributed by atoms with E-state index >= 15 is 0 Å². The van der Waals surface area contributed by atoms with Gasteiger partial charge in [-0.3, -0.25) is 4.79 Å². The van der Waals surface area contributed by atoms with Gasteiger partial charge >= 0.3 is 5.97 Å². The van der Waals surface area contributed by atoms with E-state index in [1.54, 1.807) is 30.3 Å². The number of carbonyl (C=O) groups is 2. The molecule has 0 aromatic heterocycles. The van der Waals surface area contributed by atoms with Gasteiger partial charge in [-0.05, 0) is 54.2 Å². The van der Waals surface area contributed by atoms with Crippen LogP contribution in [0.2, 0.25) is 0 Å². The Labute approximate surface area is 158 Å². The number of hydrogen-bond donors (Lipinski definition) is 1. The number of nitrogens with one attached hydrogen (secondary N) is 1. The van der Waals surface area contributed by atoms with E-state index in [2.05, 4.69) is 11.4 Å². The number of rotatable bonds is 5. The van der Waals surface area contributed by atoms with Gasteiger partial charge in [-0.1, -0.05) is 36.4 Å². The molecule has 0 aliphatic heterocycles. The molecule has 1 aliphatic carbocycles. The van der Waals surface area contributed by atoms with Gasteiger partial charge in [0.05, 0.1) is 17.7 Å². The minimum Gasteiger partial charge on any atom is -0.452 e. The molecule has 1 amide bonds. The summed E-state index contributed by atoms with van der Waals surface area (Å²) < 4.78 is 5.01. The van der Waals surface area contributed by atoms with Crippen molar-refractivity contribution in [3.63, 3.8) is 0 Å². The molecule has 2 aromatic carbocycles. The predicted octanol–water partition coefficient (Wildman–Crippen LogP) is 3.31. The molecule has 1 aliphatic rings. The summed E-state index contributed by atoms with van der Waals surface area (Å²) in [6.07, 6.45) is 5.78. The molecule has 0 unspecified atom stereocenters. The Hall–Kier alpha value is -3.39. The molecule has 1 N–H and O–H groups in total. The van der Waals surface area contributed by atoms with Crippen LogP contribution in [0, 0.1) is 11.3 Å². The van der Waals surface area contributed by atoms with Crippen molar-refractivity contribution in [2.45, 2.75) is 25.3 Å². The zero-order valence-electron chi connectivity index (χ0n) is 14.9. The minimum absolute atomic E-state index is 0.0321. The molecular formula is C22H20N2O3. The van der Waals surface area contributed by atoms with E-state index in [0.29, 0.717) is 5.56 Å². The number of nitrogens with zero attached hydrogens (tertiary/aromatic N) is 1. The third-order valence-electron chi connectivity index (χ3n) is 4.50. The van der Waals surface area contributed by atoms with Crippen LogP contribution in [-0.2, 0) is 20.7 Å². The monoisotopic (exact) mass is 360 g/mol. The van der Waals surface area contributed by atoms with Crippen molar-refractivity contribution in [1.82, 2.24) is 5.32 Å². The van der Waals surface area contributed by atoms with Gasteiger partial charge in [-0.15, -0.1) is 0 Å². The van der Waals surface area contributed by atoms with Crippen molar-refractivity contribution in [2.75, 3.05) is 6.61 Å². The maximum Gasteiger partial charge on any atom is 0.331 e. The maximum atomic E-state index is 12.1. The second kappa shape index (κ2) is 8.81. The highest BCUT2D eigenvalue weighted by atomic mass is 16.5. The van der Waals surface area contributed by atoms with Crippen LogP contribution < -0.4 is 5.32 Å². The first-order chi connectivity index (χ1) is 13.2. The van der Waals surface area contributed by atoms with Gasteiger partial charge in [0, 0.05) is 6.08 Å². The van der Waals surface area contributed by atoms with Gasteiger partial charge in [0.2, 0.25) is 0 Å². The van der Waals surface area contributed by atoms with Crippen LogP contribution in [0.1, 0.15) is 41.1 Å². The summed E-state index contributed by atoms with van der Waals surface area (Å²) in [5.41, 5.74) is 3.73. The average molecular weight is 360 g/mol. The Morgan fingerprint density at radius 3 is 2.74 bits per heavy atom. The number of amides is 1. The molecule has 0 spiro atoms. The molecule has 2 aromatic rings. The molecule has 27 heavy (non-hydrogen) atoms. The van der Waals surface area contributed by atoms with E-state index in [1.807, 2.05) is 24.3 Å². The number of aryl methyl sites for hydroxylation is 1. The molecule has 0 radical (unpaired) electrons. The number of benzene rings is 2. The number of fused-ring (bicyclic) bond motifs is 1. The zero-order valence-corrected chi connectivity index (χ0v) is 14.9. The summed E-state index contributed by atoms with van der Waals surface area (Å²) in [4.78, 5) is 23.9. The van der Waals surface area contributed by atoms with Crippen LogP contribution in [0.3, 0.4) is 0 Å². The number of esters is 1. The van der Waals surface area contributed by atoms with E-state index in [9.17, 15) is 9.59 Å². The number of ether oxygens (including phenoxy) is 1. The van der Waals surface area contributed by atoms with Crippen molar-refractivity contribution >= 4 is 18.0 Å². The second-order valence-corrected chi connectivity index (χ2v) is 6.39. The average Bonchev–Trinajstić information content (AvgIpc) is 2.71. The molecule has 1 atom stereocenters. The van der Waals surface area contributed by atoms with Gasteiger partial charge < -0.3 is 10.1 Å². The Morgan fingerprint density at radius 1 is 1.19 bits per heavy atom. The van der Waals surface area contributed by atoms with Crippen LogP contribution in [0.4, 0.5) is 0 Å². The van der Waals surface area contributed by atoms with Gasteiger partial charge in [-0.2, -0.15) is 5.26 Å². The van der Waals surface area contributed by atoms with Crippen LogP contribution in [-0.4, -0.2) is 18.5 Å². The lowest BCUT2D eigenvalue weighted by Gasteiger charge is -2.26. The Kier molecular flexibility index (Phi) is 6.01. The largest absolute Gasteiger partial charge is 0.452 e. The molecule has 0 heterocycles. The third-order valence-corrected chi connectivity index (χ3v) is 4.50. The SMILES string of the molecule is N#Cc1ccc(/C=C/C(=O)OCC(=O)N[C@@H]2CCCc3ccccc32)cc1. The topological polar surface area (TPSA) is 79.2 Å². The van der Waals surface area contributed by atoms with E-state index in [1.165, 1.54) is 11.6 Å². The molecule has 0 bridgehead atoms. The van der Waals surface area contributed by atoms with Crippen LogP contribution in [0.15, 0.2) is 54.6 Å². The van der Waals surface area contributed by atoms with Crippen LogP contribution in [0.25, 0.3) is 6.08 Å². The highest BCUT2D eigenvalue weighted by molar-refractivity contribution is 5.89. The predicted molar refractivity (Wildman–Crippen MR) is 101 cm³/mol. The number of nitriles is 1. The molecular weight excluding hydrogens is 340 g/mol. The van der Waals surface area contributed by atoms with Crippen molar-refractivity contribution in [2.24, 2.45) is 0 Å². The van der Waals surface area contributed by atoms with E-state index < -0.39 is 5.97 Å². The van der Waals surface area contributed by atoms with Crippen molar-refractivity contribution in [1.29, 1.82) is 5.26 Å². The number of carbonyl (C=O) groups excluding carboxylic acids is 2. The number of hydrogen-bond acceptors (Lipinski definition) is 4. The van der Waals surface area contributed by atoms with E-state index in [0.717, 1.165) is 30.4 Å². The molecule has 5 heteroatoms. The van der Waals surface area contributed by atoms with Gasteiger partial charge in [0.1, 0.15) is 0 Å². The van der Waals surface area contributed by atoms with E-state index in [-0.39, 0.29) is 18.6 Å². The van der Waals surface area contributed by atoms with Crippen molar-refractivity contribution in [3.05, 3.63) is 76.9 Å². The Bertz CT molecular complexity index is 895. The zero-order chi connectivity index (χ0) is 19.1. The smallest absolute Gasteiger partial charge is 0.331 e. The maximum absolute atomic E-state index is 12.1.